The Morgan fingerprint density at radius 1 is 1.31 bits per heavy atom. The van der Waals surface area contributed by atoms with Crippen molar-refractivity contribution in [3.63, 3.8) is 0 Å². The van der Waals surface area contributed by atoms with Crippen molar-refractivity contribution in [3.8, 4) is 17.2 Å². The molecule has 88 valence electrons. The van der Waals surface area contributed by atoms with E-state index in [-0.39, 0.29) is 28.5 Å². The third kappa shape index (κ3) is 1.81. The van der Waals surface area contributed by atoms with Crippen molar-refractivity contribution in [3.05, 3.63) is 11.6 Å². The van der Waals surface area contributed by atoms with Crippen LogP contribution in [0.25, 0.3) is 0 Å². The van der Waals surface area contributed by atoms with Crippen molar-refractivity contribution >= 4 is 11.7 Å². The van der Waals surface area contributed by atoms with E-state index in [9.17, 15) is 9.90 Å². The topological polar surface area (TPSA) is 91.0 Å². The summed E-state index contributed by atoms with van der Waals surface area (Å²) < 4.78 is 14.4. The predicted octanol–water partition coefficient (Wildman–Crippen LogP) is 0.778. The minimum Gasteiger partial charge on any atom is -0.507 e. The molecule has 0 aliphatic heterocycles. The van der Waals surface area contributed by atoms with Gasteiger partial charge in [0.05, 0.1) is 27.0 Å². The van der Waals surface area contributed by atoms with E-state index in [2.05, 4.69) is 4.74 Å². The summed E-state index contributed by atoms with van der Waals surface area (Å²) in [5.41, 5.74) is 5.52. The quantitative estimate of drug-likeness (QED) is 0.585. The molecule has 0 atom stereocenters. The highest BCUT2D eigenvalue weighted by atomic mass is 16.5. The Morgan fingerprint density at radius 2 is 1.94 bits per heavy atom. The fraction of sp³-hybridized carbons (Fsp3) is 0.300. The number of benzene rings is 1. The zero-order chi connectivity index (χ0) is 12.3. The first-order chi connectivity index (χ1) is 7.56. The molecule has 0 spiro atoms. The second-order valence-electron chi connectivity index (χ2n) is 2.91. The van der Waals surface area contributed by atoms with E-state index in [0.717, 1.165) is 0 Å². The highest BCUT2D eigenvalue weighted by Crippen LogP contribution is 2.41. The van der Waals surface area contributed by atoms with Crippen LogP contribution in [0.15, 0.2) is 6.07 Å². The average molecular weight is 227 g/mol. The number of hydrogen-bond donors (Lipinski definition) is 2. The molecular formula is C10H13NO5. The number of esters is 1. The maximum absolute atomic E-state index is 11.4. The fourth-order valence-corrected chi connectivity index (χ4v) is 1.32. The van der Waals surface area contributed by atoms with Gasteiger partial charge in [-0.25, -0.2) is 4.79 Å². The summed E-state index contributed by atoms with van der Waals surface area (Å²) in [6.07, 6.45) is 0. The molecule has 6 heteroatoms. The summed E-state index contributed by atoms with van der Waals surface area (Å²) in [6.45, 7) is 0. The number of hydrogen-bond acceptors (Lipinski definition) is 6. The van der Waals surface area contributed by atoms with Crippen LogP contribution in [0.1, 0.15) is 10.4 Å². The van der Waals surface area contributed by atoms with Gasteiger partial charge in [0, 0.05) is 6.07 Å². The van der Waals surface area contributed by atoms with Gasteiger partial charge >= 0.3 is 5.97 Å². The number of phenolic OH excluding ortho intramolecular Hbond substituents is 1. The standard InChI is InChI=1S/C10H13NO5/c1-14-6-4-5(12)7(10(13)16-3)8(11)9(6)15-2/h4,12H,11H2,1-3H3. The molecule has 16 heavy (non-hydrogen) atoms. The molecule has 0 saturated heterocycles. The number of carbonyl (C=O) groups is 1. The smallest absolute Gasteiger partial charge is 0.343 e. The molecule has 0 aliphatic carbocycles. The second-order valence-corrected chi connectivity index (χ2v) is 2.91. The monoisotopic (exact) mass is 227 g/mol. The van der Waals surface area contributed by atoms with Gasteiger partial charge in [0.25, 0.3) is 0 Å². The normalized spacial score (nSPS) is 9.69. The van der Waals surface area contributed by atoms with Crippen molar-refractivity contribution < 1.29 is 24.1 Å². The molecule has 6 nitrogen and oxygen atoms in total. The van der Waals surface area contributed by atoms with Gasteiger partial charge in [-0.05, 0) is 0 Å². The Labute approximate surface area is 92.5 Å². The zero-order valence-electron chi connectivity index (χ0n) is 9.23. The van der Waals surface area contributed by atoms with E-state index >= 15 is 0 Å². The predicted molar refractivity (Wildman–Crippen MR) is 57.0 cm³/mol. The molecule has 0 aliphatic rings. The van der Waals surface area contributed by atoms with E-state index in [1.807, 2.05) is 0 Å². The summed E-state index contributed by atoms with van der Waals surface area (Å²) in [6, 6.07) is 1.24. The summed E-state index contributed by atoms with van der Waals surface area (Å²) >= 11 is 0. The second kappa shape index (κ2) is 4.61. The van der Waals surface area contributed by atoms with E-state index in [1.54, 1.807) is 0 Å². The number of methoxy groups -OCH3 is 3. The van der Waals surface area contributed by atoms with Crippen LogP contribution < -0.4 is 15.2 Å². The van der Waals surface area contributed by atoms with Gasteiger partial charge in [0.2, 0.25) is 0 Å². The van der Waals surface area contributed by atoms with Crippen LogP contribution in [0.2, 0.25) is 0 Å². The van der Waals surface area contributed by atoms with E-state index in [4.69, 9.17) is 15.2 Å². The first-order valence-corrected chi connectivity index (χ1v) is 4.38. The molecule has 0 unspecified atom stereocenters. The van der Waals surface area contributed by atoms with Crippen molar-refractivity contribution in [2.75, 3.05) is 27.1 Å². The molecule has 0 amide bonds. The highest BCUT2D eigenvalue weighted by molar-refractivity contribution is 6.00. The van der Waals surface area contributed by atoms with Gasteiger partial charge in [-0.3, -0.25) is 0 Å². The number of ether oxygens (including phenoxy) is 3. The van der Waals surface area contributed by atoms with Crippen LogP contribution in [0.3, 0.4) is 0 Å². The summed E-state index contributed by atoms with van der Waals surface area (Å²) in [5, 5.41) is 9.61. The maximum Gasteiger partial charge on any atom is 0.343 e. The maximum atomic E-state index is 11.4. The summed E-state index contributed by atoms with van der Waals surface area (Å²) in [7, 11) is 3.97. The SMILES string of the molecule is COC(=O)c1c(O)cc(OC)c(OC)c1N. The number of anilines is 1. The average Bonchev–Trinajstić information content (AvgIpc) is 2.27. The summed E-state index contributed by atoms with van der Waals surface area (Å²) in [5.74, 6) is -0.635. The Morgan fingerprint density at radius 3 is 2.38 bits per heavy atom. The van der Waals surface area contributed by atoms with E-state index in [1.165, 1.54) is 27.4 Å². The Kier molecular flexibility index (Phi) is 3.44. The van der Waals surface area contributed by atoms with Crippen molar-refractivity contribution in [2.45, 2.75) is 0 Å². The lowest BCUT2D eigenvalue weighted by Gasteiger charge is -2.14. The van der Waals surface area contributed by atoms with Crippen molar-refractivity contribution in [1.82, 2.24) is 0 Å². The Bertz CT molecular complexity index is 416. The number of nitrogens with two attached hydrogens (primary N) is 1. The van der Waals surface area contributed by atoms with Crippen molar-refractivity contribution in [2.24, 2.45) is 0 Å². The number of nitrogen functional groups attached to an aromatic ring is 1. The molecule has 0 bridgehead atoms. The van der Waals surface area contributed by atoms with Gasteiger partial charge in [-0.2, -0.15) is 0 Å². The molecular weight excluding hydrogens is 214 g/mol. The molecule has 1 aromatic rings. The van der Waals surface area contributed by atoms with Crippen LogP contribution in [-0.2, 0) is 4.74 Å². The van der Waals surface area contributed by atoms with Crippen LogP contribution in [-0.4, -0.2) is 32.4 Å². The third-order valence-corrected chi connectivity index (χ3v) is 2.08. The third-order valence-electron chi connectivity index (χ3n) is 2.08. The molecule has 0 fully saturated rings. The highest BCUT2D eigenvalue weighted by Gasteiger charge is 2.22. The lowest BCUT2D eigenvalue weighted by molar-refractivity contribution is 0.0598. The molecule has 1 aromatic carbocycles. The molecule has 0 heterocycles. The van der Waals surface area contributed by atoms with Crippen LogP contribution in [0.4, 0.5) is 5.69 Å². The first-order valence-electron chi connectivity index (χ1n) is 4.38. The Hall–Kier alpha value is -2.11. The van der Waals surface area contributed by atoms with Gasteiger partial charge in [-0.15, -0.1) is 0 Å². The largest absolute Gasteiger partial charge is 0.507 e. The molecule has 1 rings (SSSR count). The van der Waals surface area contributed by atoms with Gasteiger partial charge in [0.1, 0.15) is 11.3 Å². The minimum atomic E-state index is -0.740. The Balaban J connectivity index is 3.46. The fourth-order valence-electron chi connectivity index (χ4n) is 1.32. The van der Waals surface area contributed by atoms with E-state index < -0.39 is 5.97 Å². The lowest BCUT2D eigenvalue weighted by Crippen LogP contribution is -2.08. The van der Waals surface area contributed by atoms with Crippen LogP contribution >= 0.6 is 0 Å². The summed E-state index contributed by atoms with van der Waals surface area (Å²) in [4.78, 5) is 11.4. The van der Waals surface area contributed by atoms with Gasteiger partial charge < -0.3 is 25.1 Å². The minimum absolute atomic E-state index is 0.0220. The number of phenols is 1. The van der Waals surface area contributed by atoms with Gasteiger partial charge in [0.15, 0.2) is 11.5 Å². The molecule has 0 aromatic heterocycles. The molecule has 3 N–H and O–H groups in total. The van der Waals surface area contributed by atoms with Gasteiger partial charge in [-0.1, -0.05) is 0 Å². The van der Waals surface area contributed by atoms with Crippen molar-refractivity contribution in [1.29, 1.82) is 0 Å². The number of aromatic hydroxyl groups is 1. The number of carbonyl (C=O) groups excluding carboxylic acids is 1. The lowest BCUT2D eigenvalue weighted by atomic mass is 10.1. The number of rotatable bonds is 3. The first kappa shape index (κ1) is 12.0. The zero-order valence-corrected chi connectivity index (χ0v) is 9.23. The molecule has 0 radical (unpaired) electrons. The van der Waals surface area contributed by atoms with Crippen LogP contribution in [0, 0.1) is 0 Å². The van der Waals surface area contributed by atoms with E-state index in [0.29, 0.717) is 0 Å². The molecule has 0 saturated carbocycles. The van der Waals surface area contributed by atoms with Crippen LogP contribution in [0.5, 0.6) is 17.2 Å².